The van der Waals surface area contributed by atoms with E-state index < -0.39 is 0 Å². The van der Waals surface area contributed by atoms with Crippen molar-refractivity contribution in [2.45, 2.75) is 66.3 Å². The number of rotatable bonds is 9. The maximum atomic E-state index is 13.0. The lowest BCUT2D eigenvalue weighted by atomic mass is 9.92. The Balaban J connectivity index is 1.44. The highest BCUT2D eigenvalue weighted by Gasteiger charge is 2.35. The summed E-state index contributed by atoms with van der Waals surface area (Å²) in [6.45, 7) is 18.1. The SMILES string of the molecule is C=C=C(C/C(=C\C)c1cc(C2CC2C)ccc1C)N1CC(=O)N(C)CC1C(C)=N/C=C(/c1ccc2ccccc2c1)C(C)C. The molecule has 0 bridgehead atoms. The normalized spacial score (nSPS) is 21.2. The van der Waals surface area contributed by atoms with E-state index in [0.717, 1.165) is 17.3 Å². The van der Waals surface area contributed by atoms with E-state index in [4.69, 9.17) is 4.99 Å². The van der Waals surface area contributed by atoms with Gasteiger partial charge in [-0.05, 0) is 95.2 Å². The lowest BCUT2D eigenvalue weighted by Gasteiger charge is -2.41. The van der Waals surface area contributed by atoms with Gasteiger partial charge in [0.15, 0.2) is 0 Å². The van der Waals surface area contributed by atoms with E-state index in [1.807, 2.05) is 18.1 Å². The zero-order valence-corrected chi connectivity index (χ0v) is 27.5. The van der Waals surface area contributed by atoms with Crippen molar-refractivity contribution in [3.63, 3.8) is 0 Å². The van der Waals surface area contributed by atoms with Crippen molar-refractivity contribution in [3.05, 3.63) is 113 Å². The molecular formula is C40H47N3O. The van der Waals surface area contributed by atoms with Crippen LogP contribution in [0.3, 0.4) is 0 Å². The number of nitrogens with zero attached hydrogens (tertiary/aromatic N) is 3. The highest BCUT2D eigenvalue weighted by atomic mass is 16.2. The Morgan fingerprint density at radius 2 is 1.84 bits per heavy atom. The number of hydrogen-bond donors (Lipinski definition) is 0. The third-order valence-electron chi connectivity index (χ3n) is 9.55. The first-order chi connectivity index (χ1) is 21.1. The van der Waals surface area contributed by atoms with E-state index >= 15 is 0 Å². The van der Waals surface area contributed by atoms with Gasteiger partial charge in [-0.3, -0.25) is 9.79 Å². The average molecular weight is 586 g/mol. The molecule has 1 saturated carbocycles. The first kappa shape index (κ1) is 31.3. The number of likely N-dealkylation sites (N-methyl/N-ethyl adjacent to an activating group) is 1. The van der Waals surface area contributed by atoms with Gasteiger partial charge in [0.2, 0.25) is 5.91 Å². The van der Waals surface area contributed by atoms with Gasteiger partial charge in [-0.2, -0.15) is 0 Å². The molecule has 1 heterocycles. The summed E-state index contributed by atoms with van der Waals surface area (Å²) in [6.07, 6.45) is 6.16. The highest BCUT2D eigenvalue weighted by molar-refractivity contribution is 5.92. The maximum absolute atomic E-state index is 13.0. The van der Waals surface area contributed by atoms with Crippen molar-refractivity contribution >= 4 is 33.5 Å². The predicted molar refractivity (Wildman–Crippen MR) is 187 cm³/mol. The summed E-state index contributed by atoms with van der Waals surface area (Å²) in [7, 11) is 1.88. The number of benzene rings is 3. The van der Waals surface area contributed by atoms with E-state index in [9.17, 15) is 4.79 Å². The van der Waals surface area contributed by atoms with Gasteiger partial charge in [0.1, 0.15) is 0 Å². The van der Waals surface area contributed by atoms with Gasteiger partial charge in [-0.1, -0.05) is 88.0 Å². The standard InChI is InChI=1S/C40H47N3O/c1-9-30(37-22-34(16-15-27(37)5)36-19-28(36)6)21-35(10-2)43-25-40(44)42(8)24-39(43)29(7)41-23-38(26(3)4)33-18-17-31-13-11-12-14-32(31)20-33/h9,11-18,20,22-23,26,28,36,39H,2,19,21,24-25H2,1,3-8H3/b30-9+,38-23+,41-29?. The second kappa shape index (κ2) is 13.2. The number of carbonyl (C=O) groups is 1. The van der Waals surface area contributed by atoms with Crippen LogP contribution in [0.2, 0.25) is 0 Å². The van der Waals surface area contributed by atoms with Crippen LogP contribution < -0.4 is 0 Å². The molecule has 2 fully saturated rings. The summed E-state index contributed by atoms with van der Waals surface area (Å²) >= 11 is 0. The van der Waals surface area contributed by atoms with E-state index in [1.165, 1.54) is 50.6 Å². The summed E-state index contributed by atoms with van der Waals surface area (Å²) in [5, 5.41) is 2.46. The molecule has 3 atom stereocenters. The molecule has 0 aromatic heterocycles. The van der Waals surface area contributed by atoms with Gasteiger partial charge in [-0.25, -0.2) is 0 Å². The molecule has 0 spiro atoms. The molecule has 1 aliphatic heterocycles. The smallest absolute Gasteiger partial charge is 0.241 e. The number of hydrogen-bond acceptors (Lipinski definition) is 3. The molecule has 4 nitrogen and oxygen atoms in total. The summed E-state index contributed by atoms with van der Waals surface area (Å²) in [4.78, 5) is 22.1. The Morgan fingerprint density at radius 1 is 1.11 bits per heavy atom. The van der Waals surface area contributed by atoms with Crippen LogP contribution in [0.25, 0.3) is 21.9 Å². The Labute approximate surface area is 264 Å². The van der Waals surface area contributed by atoms with E-state index in [1.54, 1.807) is 0 Å². The topological polar surface area (TPSA) is 35.9 Å². The molecule has 3 aromatic carbocycles. The minimum absolute atomic E-state index is 0.0685. The number of amides is 1. The van der Waals surface area contributed by atoms with Gasteiger partial charge < -0.3 is 9.80 Å². The summed E-state index contributed by atoms with van der Waals surface area (Å²) in [6, 6.07) is 21.9. The van der Waals surface area contributed by atoms with Crippen LogP contribution in [0, 0.1) is 18.8 Å². The fourth-order valence-electron chi connectivity index (χ4n) is 6.46. The van der Waals surface area contributed by atoms with Crippen molar-refractivity contribution in [2.24, 2.45) is 16.8 Å². The van der Waals surface area contributed by atoms with Crippen molar-refractivity contribution in [1.82, 2.24) is 9.80 Å². The fraction of sp³-hybridized carbons (Fsp3) is 0.375. The van der Waals surface area contributed by atoms with Gasteiger partial charge in [0.05, 0.1) is 18.3 Å². The Morgan fingerprint density at radius 3 is 2.50 bits per heavy atom. The molecule has 3 aromatic rings. The fourth-order valence-corrected chi connectivity index (χ4v) is 6.46. The molecule has 1 aliphatic carbocycles. The van der Waals surface area contributed by atoms with Crippen LogP contribution >= 0.6 is 0 Å². The number of piperazine rings is 1. The second-order valence-corrected chi connectivity index (χ2v) is 13.0. The number of aliphatic imine (C=N–C) groups is 1. The molecule has 5 rings (SSSR count). The first-order valence-corrected chi connectivity index (χ1v) is 16.0. The quantitative estimate of drug-likeness (QED) is 0.186. The zero-order chi connectivity index (χ0) is 31.5. The molecule has 3 unspecified atom stereocenters. The predicted octanol–water partition coefficient (Wildman–Crippen LogP) is 9.03. The van der Waals surface area contributed by atoms with Crippen molar-refractivity contribution in [1.29, 1.82) is 0 Å². The van der Waals surface area contributed by atoms with E-state index in [-0.39, 0.29) is 18.5 Å². The van der Waals surface area contributed by atoms with Crippen LogP contribution in [-0.2, 0) is 4.79 Å². The minimum Gasteiger partial charge on any atom is -0.349 e. The Hall–Kier alpha value is -4.14. The van der Waals surface area contributed by atoms with Crippen molar-refractivity contribution in [3.8, 4) is 0 Å². The number of aryl methyl sites for hydroxylation is 1. The number of allylic oxidation sites excluding steroid dienone is 3. The van der Waals surface area contributed by atoms with Gasteiger partial charge in [-0.15, -0.1) is 5.73 Å². The maximum Gasteiger partial charge on any atom is 0.241 e. The monoisotopic (exact) mass is 585 g/mol. The van der Waals surface area contributed by atoms with Crippen LogP contribution in [0.15, 0.2) is 95.9 Å². The molecule has 4 heteroatoms. The Bertz CT molecular complexity index is 1700. The second-order valence-electron chi connectivity index (χ2n) is 13.0. The molecule has 1 saturated heterocycles. The first-order valence-electron chi connectivity index (χ1n) is 16.0. The lowest BCUT2D eigenvalue weighted by Crippen LogP contribution is -2.56. The van der Waals surface area contributed by atoms with E-state index in [2.05, 4.69) is 125 Å². The molecule has 2 aliphatic rings. The van der Waals surface area contributed by atoms with Crippen LogP contribution in [-0.4, -0.2) is 47.6 Å². The Kier molecular flexibility index (Phi) is 9.42. The van der Waals surface area contributed by atoms with Crippen LogP contribution in [0.5, 0.6) is 0 Å². The third kappa shape index (κ3) is 6.66. The largest absolute Gasteiger partial charge is 0.349 e. The molecule has 228 valence electrons. The van der Waals surface area contributed by atoms with E-state index in [0.29, 0.717) is 24.8 Å². The summed E-state index contributed by atoms with van der Waals surface area (Å²) in [5.41, 5.74) is 12.7. The molecule has 0 N–H and O–H groups in total. The van der Waals surface area contributed by atoms with Gasteiger partial charge in [0.25, 0.3) is 0 Å². The zero-order valence-electron chi connectivity index (χ0n) is 27.5. The minimum atomic E-state index is -0.0685. The summed E-state index contributed by atoms with van der Waals surface area (Å²) < 4.78 is 0. The highest BCUT2D eigenvalue weighted by Crippen LogP contribution is 2.47. The average Bonchev–Trinajstić information content (AvgIpc) is 3.75. The van der Waals surface area contributed by atoms with Crippen molar-refractivity contribution < 1.29 is 4.79 Å². The lowest BCUT2D eigenvalue weighted by molar-refractivity contribution is -0.134. The van der Waals surface area contributed by atoms with Crippen molar-refractivity contribution in [2.75, 3.05) is 20.1 Å². The molecule has 0 radical (unpaired) electrons. The number of fused-ring (bicyclic) bond motifs is 1. The third-order valence-corrected chi connectivity index (χ3v) is 9.55. The van der Waals surface area contributed by atoms with Crippen LogP contribution in [0.4, 0.5) is 0 Å². The number of carbonyl (C=O) groups excluding carboxylic acids is 1. The molecular weight excluding hydrogens is 538 g/mol. The summed E-state index contributed by atoms with van der Waals surface area (Å²) in [5.74, 6) is 1.82. The van der Waals surface area contributed by atoms with Crippen LogP contribution in [0.1, 0.15) is 75.6 Å². The molecule has 1 amide bonds. The van der Waals surface area contributed by atoms with Gasteiger partial charge in [0, 0.05) is 31.9 Å². The van der Waals surface area contributed by atoms with Gasteiger partial charge >= 0.3 is 0 Å². The molecule has 44 heavy (non-hydrogen) atoms.